The minimum Gasteiger partial charge on any atom is -0.478 e. The molecule has 0 radical (unpaired) electrons. The topological polar surface area (TPSA) is 81.3 Å². The molecule has 0 bridgehead atoms. The Labute approximate surface area is 248 Å². The lowest BCUT2D eigenvalue weighted by molar-refractivity contribution is -0.130. The molecule has 5 rings (SSSR count). The van der Waals surface area contributed by atoms with Crippen LogP contribution in [-0.4, -0.2) is 22.3 Å². The van der Waals surface area contributed by atoms with Gasteiger partial charge in [-0.2, -0.15) is 5.26 Å². The van der Waals surface area contributed by atoms with Crippen molar-refractivity contribution >= 4 is 11.5 Å². The van der Waals surface area contributed by atoms with Crippen molar-refractivity contribution in [1.29, 1.82) is 5.26 Å². The van der Waals surface area contributed by atoms with Gasteiger partial charge < -0.3 is 10.2 Å². The normalized spacial score (nSPS) is 34.6. The molecular weight excluding hydrogens is 506 g/mol. The predicted octanol–water partition coefficient (Wildman–Crippen LogP) is 9.04. The zero-order chi connectivity index (χ0) is 29.9. The number of hydrogen-bond acceptors (Lipinski definition) is 3. The molecule has 4 aliphatic rings. The predicted molar refractivity (Wildman–Crippen MR) is 167 cm³/mol. The maximum absolute atomic E-state index is 10.5. The molecule has 2 N–H and O–H groups in total. The summed E-state index contributed by atoms with van der Waals surface area (Å²) in [6.07, 6.45) is 17.2. The van der Waals surface area contributed by atoms with E-state index < -0.39 is 5.97 Å². The van der Waals surface area contributed by atoms with E-state index >= 15 is 0 Å². The Balaban J connectivity index is 0.000000251. The summed E-state index contributed by atoms with van der Waals surface area (Å²) in [6, 6.07) is 8.19. The molecule has 0 aromatic heterocycles. The summed E-state index contributed by atoms with van der Waals surface area (Å²) in [4.78, 5) is 10.5. The van der Waals surface area contributed by atoms with Crippen LogP contribution in [0.1, 0.15) is 116 Å². The molecule has 4 nitrogen and oxygen atoms in total. The van der Waals surface area contributed by atoms with Crippen LogP contribution in [0, 0.1) is 57.7 Å². The minimum absolute atomic E-state index is 0.0319. The van der Waals surface area contributed by atoms with Crippen molar-refractivity contribution in [2.75, 3.05) is 0 Å². The zero-order valence-corrected chi connectivity index (χ0v) is 26.2. The van der Waals surface area contributed by atoms with Gasteiger partial charge in [-0.1, -0.05) is 84.2 Å². The maximum atomic E-state index is 10.5. The van der Waals surface area contributed by atoms with E-state index in [1.54, 1.807) is 29.8 Å². The summed E-state index contributed by atoms with van der Waals surface area (Å²) in [5, 5.41) is 27.3. The average Bonchev–Trinajstić information content (AvgIpc) is 3.30. The molecule has 41 heavy (non-hydrogen) atoms. The molecule has 0 spiro atoms. The Bertz CT molecular complexity index is 1160. The molecule has 3 fully saturated rings. The van der Waals surface area contributed by atoms with Crippen LogP contribution in [0.5, 0.6) is 0 Å². The van der Waals surface area contributed by atoms with Gasteiger partial charge in [0.15, 0.2) is 0 Å². The second-order valence-electron chi connectivity index (χ2n) is 14.7. The first kappa shape index (κ1) is 31.6. The Morgan fingerprint density at radius 1 is 1.05 bits per heavy atom. The van der Waals surface area contributed by atoms with Gasteiger partial charge in [-0.15, -0.1) is 0 Å². The van der Waals surface area contributed by atoms with Crippen LogP contribution in [0.3, 0.4) is 0 Å². The first-order valence-corrected chi connectivity index (χ1v) is 16.2. The molecule has 4 aliphatic carbocycles. The van der Waals surface area contributed by atoms with E-state index in [0.717, 1.165) is 48.3 Å². The second-order valence-corrected chi connectivity index (χ2v) is 14.7. The maximum Gasteiger partial charge on any atom is 0.335 e. The monoisotopic (exact) mass is 559 g/mol. The fourth-order valence-corrected chi connectivity index (χ4v) is 9.54. The molecule has 8 atom stereocenters. The van der Waals surface area contributed by atoms with Gasteiger partial charge in [0, 0.05) is 0 Å². The van der Waals surface area contributed by atoms with Crippen molar-refractivity contribution in [2.24, 2.45) is 46.3 Å². The average molecular weight is 560 g/mol. The molecule has 3 saturated carbocycles. The lowest BCUT2D eigenvalue weighted by Crippen LogP contribution is -2.50. The number of rotatable bonds is 7. The number of allylic oxidation sites excluding steroid dienone is 1. The Kier molecular flexibility index (Phi) is 9.90. The van der Waals surface area contributed by atoms with E-state index in [9.17, 15) is 9.90 Å². The van der Waals surface area contributed by atoms with Gasteiger partial charge in [-0.05, 0) is 115 Å². The van der Waals surface area contributed by atoms with E-state index in [2.05, 4.69) is 47.3 Å². The zero-order valence-electron chi connectivity index (χ0n) is 26.2. The molecular formula is C37H53NO3. The number of aliphatic carboxylic acids is 1. The fourth-order valence-electron chi connectivity index (χ4n) is 9.54. The van der Waals surface area contributed by atoms with E-state index in [0.29, 0.717) is 22.0 Å². The highest BCUT2D eigenvalue weighted by molar-refractivity contribution is 6.14. The summed E-state index contributed by atoms with van der Waals surface area (Å²) in [6.45, 7) is 16.0. The highest BCUT2D eigenvalue weighted by Gasteiger charge is 2.59. The molecule has 1 aromatic rings. The first-order chi connectivity index (χ1) is 19.4. The number of carboxylic acids is 1. The number of carboxylic acid groups (broad SMARTS) is 1. The number of nitriles is 1. The number of carbonyl (C=O) groups is 1. The van der Waals surface area contributed by atoms with E-state index in [1.807, 2.05) is 6.07 Å². The number of aliphatic hydroxyl groups is 1. The van der Waals surface area contributed by atoms with Gasteiger partial charge in [-0.25, -0.2) is 4.79 Å². The first-order valence-electron chi connectivity index (χ1n) is 16.2. The third-order valence-electron chi connectivity index (χ3n) is 11.9. The third-order valence-corrected chi connectivity index (χ3v) is 11.9. The fraction of sp³-hybridized carbons (Fsp3) is 0.676. The highest BCUT2D eigenvalue weighted by Crippen LogP contribution is 2.67. The summed E-state index contributed by atoms with van der Waals surface area (Å²) in [7, 11) is 0. The standard InChI is InChI=1S/C27H46O.C10H7NO2/c1-18(2)7-6-8-19(3)23-11-12-24-22-10-9-20-17-21(28)13-15-26(20,4)25(22)14-16-27(23,24)5;1-7(10(12)13)9-4-2-8(6-11)3-5-9/h9,18-19,21-25,28H,6-8,10-17H2,1-5H3;2-5H,1H2,(H,12,13)/t19?,21-,22-,23+,24-,25-,26-,27+;/m0./s1. The number of aliphatic hydroxyl groups excluding tert-OH is 1. The SMILES string of the molecule is C=C(C(=O)O)c1ccc(C#N)cc1.CC(C)CCCC(C)[C@H]1CC[C@H]2[C@@H]3CC=C4C[C@@H](O)CC[C@]4(C)[C@H]3CC[C@]12C. The summed E-state index contributed by atoms with van der Waals surface area (Å²) in [5.41, 5.74) is 3.66. The van der Waals surface area contributed by atoms with Crippen LogP contribution in [0.4, 0.5) is 0 Å². The number of fused-ring (bicyclic) bond motifs is 5. The van der Waals surface area contributed by atoms with Gasteiger partial charge in [0.2, 0.25) is 0 Å². The van der Waals surface area contributed by atoms with Crippen molar-refractivity contribution in [3.8, 4) is 6.07 Å². The van der Waals surface area contributed by atoms with E-state index in [1.165, 1.54) is 57.8 Å². The van der Waals surface area contributed by atoms with E-state index in [-0.39, 0.29) is 11.7 Å². The van der Waals surface area contributed by atoms with Gasteiger partial charge in [0.25, 0.3) is 0 Å². The lowest BCUT2D eigenvalue weighted by Gasteiger charge is -2.58. The van der Waals surface area contributed by atoms with Crippen molar-refractivity contribution in [3.63, 3.8) is 0 Å². The van der Waals surface area contributed by atoms with Crippen molar-refractivity contribution < 1.29 is 15.0 Å². The molecule has 1 unspecified atom stereocenters. The smallest absolute Gasteiger partial charge is 0.335 e. The highest BCUT2D eigenvalue weighted by atomic mass is 16.4. The third kappa shape index (κ3) is 6.51. The number of hydrogen-bond donors (Lipinski definition) is 2. The Hall–Kier alpha value is -2.38. The quantitative estimate of drug-likeness (QED) is 0.258. The lowest BCUT2D eigenvalue weighted by atomic mass is 9.47. The van der Waals surface area contributed by atoms with Crippen LogP contribution in [-0.2, 0) is 4.79 Å². The molecule has 4 heteroatoms. The Morgan fingerprint density at radius 3 is 2.39 bits per heavy atom. The molecule has 1 aromatic carbocycles. The van der Waals surface area contributed by atoms with Crippen LogP contribution in [0.25, 0.3) is 5.57 Å². The Morgan fingerprint density at radius 2 is 1.76 bits per heavy atom. The van der Waals surface area contributed by atoms with Crippen LogP contribution >= 0.6 is 0 Å². The second kappa shape index (κ2) is 12.9. The summed E-state index contributed by atoms with van der Waals surface area (Å²) >= 11 is 0. The summed E-state index contributed by atoms with van der Waals surface area (Å²) < 4.78 is 0. The van der Waals surface area contributed by atoms with Gasteiger partial charge in [0.1, 0.15) is 0 Å². The van der Waals surface area contributed by atoms with Crippen molar-refractivity contribution in [1.82, 2.24) is 0 Å². The van der Waals surface area contributed by atoms with Crippen molar-refractivity contribution in [2.45, 2.75) is 111 Å². The molecule has 224 valence electrons. The van der Waals surface area contributed by atoms with Crippen LogP contribution in [0.15, 0.2) is 42.5 Å². The number of benzene rings is 1. The molecule has 0 amide bonds. The molecule has 0 aliphatic heterocycles. The number of nitrogens with zero attached hydrogens (tertiary/aromatic N) is 1. The largest absolute Gasteiger partial charge is 0.478 e. The van der Waals surface area contributed by atoms with E-state index in [4.69, 9.17) is 10.4 Å². The molecule has 0 saturated heterocycles. The molecule has 0 heterocycles. The van der Waals surface area contributed by atoms with Crippen molar-refractivity contribution in [3.05, 3.63) is 53.6 Å². The van der Waals surface area contributed by atoms with Crippen LogP contribution in [0.2, 0.25) is 0 Å². The van der Waals surface area contributed by atoms with Crippen LogP contribution < -0.4 is 0 Å². The minimum atomic E-state index is -1.05. The summed E-state index contributed by atoms with van der Waals surface area (Å²) in [5.74, 6) is 4.41. The van der Waals surface area contributed by atoms with Gasteiger partial charge in [0.05, 0.1) is 23.3 Å². The van der Waals surface area contributed by atoms with Gasteiger partial charge >= 0.3 is 5.97 Å². The van der Waals surface area contributed by atoms with Gasteiger partial charge in [-0.3, -0.25) is 0 Å².